The molecule has 25 heavy (non-hydrogen) atoms. The van der Waals surface area contributed by atoms with E-state index >= 15 is 0 Å². The van der Waals surface area contributed by atoms with Gasteiger partial charge in [-0.1, -0.05) is 11.6 Å². The number of nitrogens with zero attached hydrogens (tertiary/aromatic N) is 4. The van der Waals surface area contributed by atoms with Crippen LogP contribution in [-0.4, -0.2) is 34.7 Å². The van der Waals surface area contributed by atoms with Gasteiger partial charge in [-0.15, -0.1) is 11.3 Å². The lowest BCUT2D eigenvalue weighted by molar-refractivity contribution is -0.385. The van der Waals surface area contributed by atoms with Crippen molar-refractivity contribution in [1.29, 1.82) is 5.26 Å². The summed E-state index contributed by atoms with van der Waals surface area (Å²) in [7, 11) is 2.01. The van der Waals surface area contributed by atoms with Crippen LogP contribution in [0.1, 0.15) is 21.6 Å². The molecule has 0 fully saturated rings. The molecule has 0 spiro atoms. The van der Waals surface area contributed by atoms with Crippen molar-refractivity contribution in [2.45, 2.75) is 13.0 Å². The van der Waals surface area contributed by atoms with Gasteiger partial charge < -0.3 is 10.0 Å². The number of nitro benzene ring substituents is 1. The summed E-state index contributed by atoms with van der Waals surface area (Å²) < 4.78 is 0. The first kappa shape index (κ1) is 17.4. The number of hydrogen-bond donors (Lipinski definition) is 1. The maximum absolute atomic E-state index is 11.0. The molecule has 7 nitrogen and oxygen atoms in total. The molecule has 0 saturated carbocycles. The molecule has 1 aliphatic heterocycles. The molecular weight excluding hydrogens is 364 g/mol. The van der Waals surface area contributed by atoms with Crippen LogP contribution in [0.25, 0.3) is 0 Å². The zero-order valence-corrected chi connectivity index (χ0v) is 14.8. The lowest BCUT2D eigenvalue weighted by Gasteiger charge is -2.21. The minimum Gasteiger partial charge on any atom is -0.502 e. The minimum atomic E-state index is -0.709. The number of likely N-dealkylation sites (N-methyl/N-ethyl adjacent to an activating group) is 1. The highest BCUT2D eigenvalue weighted by Gasteiger charge is 2.23. The monoisotopic (exact) mass is 376 g/mol. The van der Waals surface area contributed by atoms with Gasteiger partial charge in [-0.3, -0.25) is 10.1 Å². The summed E-state index contributed by atoms with van der Waals surface area (Å²) in [5.41, 5.74) is 1.19. The first-order valence-corrected chi connectivity index (χ1v) is 8.54. The minimum absolute atomic E-state index is 0.124. The molecule has 1 N–H and O–H groups in total. The second-order valence-electron chi connectivity index (χ2n) is 5.66. The average molecular weight is 377 g/mol. The van der Waals surface area contributed by atoms with Crippen LogP contribution in [0.4, 0.5) is 10.7 Å². The molecule has 0 atom stereocenters. The van der Waals surface area contributed by atoms with Gasteiger partial charge in [-0.25, -0.2) is 4.99 Å². The quantitative estimate of drug-likeness (QED) is 0.500. The van der Waals surface area contributed by atoms with E-state index in [2.05, 4.69) is 16.0 Å². The third-order valence-electron chi connectivity index (χ3n) is 3.94. The lowest BCUT2D eigenvalue weighted by Crippen LogP contribution is -2.25. The summed E-state index contributed by atoms with van der Waals surface area (Å²) in [5, 5.41) is 31.1. The van der Waals surface area contributed by atoms with E-state index in [1.54, 1.807) is 0 Å². The molecule has 0 aliphatic carbocycles. The van der Waals surface area contributed by atoms with Crippen molar-refractivity contribution in [1.82, 2.24) is 4.90 Å². The van der Waals surface area contributed by atoms with Crippen LogP contribution in [0.5, 0.6) is 5.75 Å². The normalized spacial score (nSPS) is 14.4. The average Bonchev–Trinajstić information content (AvgIpc) is 2.91. The zero-order chi connectivity index (χ0) is 18.1. The summed E-state index contributed by atoms with van der Waals surface area (Å²) in [6.45, 7) is 1.64. The van der Waals surface area contributed by atoms with Crippen LogP contribution in [0, 0.1) is 21.4 Å². The Bertz CT molecular complexity index is 932. The highest BCUT2D eigenvalue weighted by molar-refractivity contribution is 7.16. The molecule has 0 saturated heterocycles. The number of thiophene rings is 1. The molecular formula is C16H13ClN4O3S. The van der Waals surface area contributed by atoms with Crippen LogP contribution in [-0.2, 0) is 13.0 Å². The molecule has 0 bridgehead atoms. The van der Waals surface area contributed by atoms with Crippen LogP contribution in [0.3, 0.4) is 0 Å². The topological polar surface area (TPSA) is 103 Å². The highest BCUT2D eigenvalue weighted by Crippen LogP contribution is 2.39. The maximum Gasteiger partial charge on any atom is 0.312 e. The van der Waals surface area contributed by atoms with E-state index in [0.29, 0.717) is 10.6 Å². The molecule has 1 aromatic heterocycles. The van der Waals surface area contributed by atoms with Crippen molar-refractivity contribution in [3.63, 3.8) is 0 Å². The number of aliphatic imine (C=N–C) groups is 1. The van der Waals surface area contributed by atoms with Gasteiger partial charge in [0.05, 0.1) is 10.5 Å². The van der Waals surface area contributed by atoms with Gasteiger partial charge in [0.15, 0.2) is 0 Å². The lowest BCUT2D eigenvalue weighted by atomic mass is 10.0. The number of hydrogen-bond acceptors (Lipinski definition) is 7. The van der Waals surface area contributed by atoms with Crippen molar-refractivity contribution < 1.29 is 10.0 Å². The molecule has 128 valence electrons. The van der Waals surface area contributed by atoms with E-state index < -0.39 is 16.4 Å². The van der Waals surface area contributed by atoms with Gasteiger partial charge in [-0.2, -0.15) is 5.26 Å². The van der Waals surface area contributed by atoms with Crippen molar-refractivity contribution >= 4 is 39.8 Å². The molecule has 0 amide bonds. The SMILES string of the molecule is CN1CCc2c(sc(/N=C/c3cc(Cl)cc([N+](=O)[O-])c3O)c2C#N)C1. The summed E-state index contributed by atoms with van der Waals surface area (Å²) in [4.78, 5) is 17.8. The van der Waals surface area contributed by atoms with Gasteiger partial charge in [0, 0.05) is 40.8 Å². The van der Waals surface area contributed by atoms with Crippen LogP contribution < -0.4 is 0 Å². The molecule has 2 heterocycles. The Balaban J connectivity index is 2.01. The van der Waals surface area contributed by atoms with E-state index in [9.17, 15) is 20.5 Å². The second kappa shape index (κ2) is 6.80. The first-order valence-electron chi connectivity index (χ1n) is 7.35. The molecule has 0 radical (unpaired) electrons. The zero-order valence-electron chi connectivity index (χ0n) is 13.2. The Hall–Kier alpha value is -2.47. The Kier molecular flexibility index (Phi) is 4.72. The smallest absolute Gasteiger partial charge is 0.312 e. The molecule has 2 aromatic rings. The number of halogens is 1. The number of nitro groups is 1. The first-order chi connectivity index (χ1) is 11.9. The summed E-state index contributed by atoms with van der Waals surface area (Å²) in [6, 6.07) is 4.66. The van der Waals surface area contributed by atoms with E-state index in [-0.39, 0.29) is 10.6 Å². The summed E-state index contributed by atoms with van der Waals surface area (Å²) in [5.74, 6) is -0.502. The van der Waals surface area contributed by atoms with Crippen LogP contribution in [0.2, 0.25) is 5.02 Å². The van der Waals surface area contributed by atoms with Gasteiger partial charge in [0.2, 0.25) is 5.75 Å². The van der Waals surface area contributed by atoms with Gasteiger partial charge in [-0.05, 0) is 25.1 Å². The fourth-order valence-electron chi connectivity index (χ4n) is 2.69. The predicted molar refractivity (Wildman–Crippen MR) is 96.1 cm³/mol. The highest BCUT2D eigenvalue weighted by atomic mass is 35.5. The Labute approximate surface area is 152 Å². The molecule has 1 aromatic carbocycles. The number of nitriles is 1. The number of phenols is 1. The van der Waals surface area contributed by atoms with Crippen LogP contribution in [0.15, 0.2) is 17.1 Å². The number of rotatable bonds is 3. The summed E-state index contributed by atoms with van der Waals surface area (Å²) >= 11 is 7.29. The standard InChI is InChI=1S/C16H13ClN4O3S/c1-20-3-2-11-12(6-18)16(25-14(11)8-20)19-7-9-4-10(17)5-13(15(9)22)21(23)24/h4-5,7,22H,2-3,8H2,1H3/b19-7+. The number of aromatic hydroxyl groups is 1. The van der Waals surface area contributed by atoms with Gasteiger partial charge in [0.25, 0.3) is 0 Å². The van der Waals surface area contributed by atoms with Crippen molar-refractivity contribution in [3.05, 3.63) is 48.8 Å². The Morgan fingerprint density at radius 3 is 3.00 bits per heavy atom. The third-order valence-corrected chi connectivity index (χ3v) is 5.29. The second-order valence-corrected chi connectivity index (χ2v) is 7.18. The van der Waals surface area contributed by atoms with E-state index in [1.165, 1.54) is 23.6 Å². The van der Waals surface area contributed by atoms with E-state index in [0.717, 1.165) is 36.0 Å². The number of fused-ring (bicyclic) bond motifs is 1. The molecule has 3 rings (SSSR count). The third kappa shape index (κ3) is 3.35. The van der Waals surface area contributed by atoms with Crippen molar-refractivity contribution in [2.24, 2.45) is 4.99 Å². The fraction of sp³-hybridized carbons (Fsp3) is 0.250. The maximum atomic E-state index is 11.0. The van der Waals surface area contributed by atoms with Crippen molar-refractivity contribution in [2.75, 3.05) is 13.6 Å². The van der Waals surface area contributed by atoms with Gasteiger partial charge >= 0.3 is 5.69 Å². The van der Waals surface area contributed by atoms with E-state index in [4.69, 9.17) is 11.6 Å². The fourth-order valence-corrected chi connectivity index (χ4v) is 4.14. The molecule has 1 aliphatic rings. The van der Waals surface area contributed by atoms with Gasteiger partial charge in [0.1, 0.15) is 11.1 Å². The van der Waals surface area contributed by atoms with Crippen molar-refractivity contribution in [3.8, 4) is 11.8 Å². The number of benzene rings is 1. The molecule has 9 heteroatoms. The summed E-state index contributed by atoms with van der Waals surface area (Å²) in [6.07, 6.45) is 2.09. The van der Waals surface area contributed by atoms with Crippen LogP contribution >= 0.6 is 22.9 Å². The Morgan fingerprint density at radius 2 is 2.32 bits per heavy atom. The predicted octanol–water partition coefficient (Wildman–Crippen LogP) is 3.63. The molecule has 0 unspecified atom stereocenters. The number of phenolic OH excluding ortho intramolecular Hbond substituents is 1. The van der Waals surface area contributed by atoms with E-state index in [1.807, 2.05) is 7.05 Å². The Morgan fingerprint density at radius 1 is 1.56 bits per heavy atom. The largest absolute Gasteiger partial charge is 0.502 e.